The van der Waals surface area contributed by atoms with Crippen LogP contribution in [-0.4, -0.2) is 58.1 Å². The van der Waals surface area contributed by atoms with Crippen LogP contribution in [0.4, 0.5) is 19.0 Å². The van der Waals surface area contributed by atoms with Gasteiger partial charge in [0.05, 0.1) is 12.1 Å². The fraction of sp³-hybridized carbons (Fsp3) is 0.409. The van der Waals surface area contributed by atoms with Gasteiger partial charge in [0.2, 0.25) is 0 Å². The molecular weight excluding hydrogens is 391 g/mol. The average Bonchev–Trinajstić information content (AvgIpc) is 3.11. The SMILES string of the molecule is Cc1ccc2c(-c3ccc(N)nc3)ccn2c1C(C)N1CCN(CC(F)(F)F)CC1. The molecule has 0 saturated carbocycles. The number of alkyl halides is 3. The van der Waals surface area contributed by atoms with Crippen LogP contribution in [0.2, 0.25) is 0 Å². The topological polar surface area (TPSA) is 49.8 Å². The molecule has 1 atom stereocenters. The Bertz CT molecular complexity index is 1020. The molecule has 1 aliphatic heterocycles. The third-order valence-electron chi connectivity index (χ3n) is 5.93. The van der Waals surface area contributed by atoms with Gasteiger partial charge in [0, 0.05) is 61.4 Å². The van der Waals surface area contributed by atoms with Crippen molar-refractivity contribution in [2.24, 2.45) is 0 Å². The number of hydrogen-bond donors (Lipinski definition) is 1. The molecule has 30 heavy (non-hydrogen) atoms. The summed E-state index contributed by atoms with van der Waals surface area (Å²) in [4.78, 5) is 7.95. The van der Waals surface area contributed by atoms with Crippen molar-refractivity contribution in [3.8, 4) is 11.1 Å². The van der Waals surface area contributed by atoms with E-state index in [0.29, 0.717) is 32.0 Å². The van der Waals surface area contributed by atoms with E-state index in [0.717, 1.165) is 27.9 Å². The molecule has 0 amide bonds. The van der Waals surface area contributed by atoms with E-state index in [1.54, 1.807) is 12.3 Å². The monoisotopic (exact) mass is 417 g/mol. The van der Waals surface area contributed by atoms with Crippen LogP contribution in [0, 0.1) is 6.92 Å². The van der Waals surface area contributed by atoms with E-state index in [-0.39, 0.29) is 6.04 Å². The van der Waals surface area contributed by atoms with E-state index in [1.807, 2.05) is 6.07 Å². The molecule has 1 fully saturated rings. The lowest BCUT2D eigenvalue weighted by Gasteiger charge is -2.38. The highest BCUT2D eigenvalue weighted by Crippen LogP contribution is 2.32. The molecule has 8 heteroatoms. The second-order valence-corrected chi connectivity index (χ2v) is 7.96. The van der Waals surface area contributed by atoms with Gasteiger partial charge in [-0.1, -0.05) is 6.07 Å². The average molecular weight is 417 g/mol. The summed E-state index contributed by atoms with van der Waals surface area (Å²) in [7, 11) is 0. The van der Waals surface area contributed by atoms with Crippen molar-refractivity contribution in [3.63, 3.8) is 0 Å². The van der Waals surface area contributed by atoms with E-state index >= 15 is 0 Å². The molecule has 1 aliphatic rings. The first kappa shape index (κ1) is 20.7. The number of halogens is 3. The van der Waals surface area contributed by atoms with Crippen molar-refractivity contribution < 1.29 is 13.2 Å². The summed E-state index contributed by atoms with van der Waals surface area (Å²) >= 11 is 0. The zero-order chi connectivity index (χ0) is 21.5. The first-order valence-electron chi connectivity index (χ1n) is 10.1. The van der Waals surface area contributed by atoms with Crippen LogP contribution < -0.4 is 5.73 Å². The first-order valence-corrected chi connectivity index (χ1v) is 10.1. The summed E-state index contributed by atoms with van der Waals surface area (Å²) in [6, 6.07) is 10.1. The maximum atomic E-state index is 12.7. The molecule has 0 spiro atoms. The van der Waals surface area contributed by atoms with E-state index in [2.05, 4.69) is 52.5 Å². The van der Waals surface area contributed by atoms with Gasteiger partial charge in [0.1, 0.15) is 5.82 Å². The number of aromatic nitrogens is 2. The number of piperazine rings is 1. The van der Waals surface area contributed by atoms with Gasteiger partial charge in [0.25, 0.3) is 0 Å². The smallest absolute Gasteiger partial charge is 0.384 e. The summed E-state index contributed by atoms with van der Waals surface area (Å²) in [6.07, 6.45) is -0.318. The minimum Gasteiger partial charge on any atom is -0.384 e. The lowest BCUT2D eigenvalue weighted by atomic mass is 10.0. The van der Waals surface area contributed by atoms with E-state index in [4.69, 9.17) is 5.73 Å². The Labute approximate surface area is 173 Å². The van der Waals surface area contributed by atoms with Crippen molar-refractivity contribution in [1.82, 2.24) is 19.2 Å². The third kappa shape index (κ3) is 4.15. The number of pyridine rings is 2. The summed E-state index contributed by atoms with van der Waals surface area (Å²) in [5.41, 5.74) is 11.2. The molecule has 5 nitrogen and oxygen atoms in total. The lowest BCUT2D eigenvalue weighted by Crippen LogP contribution is -2.49. The molecule has 2 N–H and O–H groups in total. The Hall–Kier alpha value is -2.58. The van der Waals surface area contributed by atoms with Gasteiger partial charge < -0.3 is 10.1 Å². The minimum atomic E-state index is -4.14. The maximum absolute atomic E-state index is 12.7. The van der Waals surface area contributed by atoms with Crippen LogP contribution in [-0.2, 0) is 0 Å². The molecule has 0 radical (unpaired) electrons. The minimum absolute atomic E-state index is 0.0894. The molecule has 0 aromatic carbocycles. The van der Waals surface area contributed by atoms with Gasteiger partial charge in [-0.25, -0.2) is 4.98 Å². The Morgan fingerprint density at radius 1 is 1.07 bits per heavy atom. The van der Waals surface area contributed by atoms with Gasteiger partial charge >= 0.3 is 6.18 Å². The zero-order valence-electron chi connectivity index (χ0n) is 17.2. The van der Waals surface area contributed by atoms with Gasteiger partial charge in [0.15, 0.2) is 0 Å². The maximum Gasteiger partial charge on any atom is 0.401 e. The second-order valence-electron chi connectivity index (χ2n) is 7.96. The fourth-order valence-electron chi connectivity index (χ4n) is 4.38. The quantitative estimate of drug-likeness (QED) is 0.694. The molecule has 4 rings (SSSR count). The normalized spacial score (nSPS) is 17.5. The predicted octanol–water partition coefficient (Wildman–Crippen LogP) is 4.13. The summed E-state index contributed by atoms with van der Waals surface area (Å²) in [5.74, 6) is 0.483. The number of hydrogen-bond acceptors (Lipinski definition) is 4. The van der Waals surface area contributed by atoms with Crippen molar-refractivity contribution in [2.75, 3.05) is 38.5 Å². The Morgan fingerprint density at radius 2 is 1.80 bits per heavy atom. The number of fused-ring (bicyclic) bond motifs is 1. The number of aryl methyl sites for hydroxylation is 1. The van der Waals surface area contributed by atoms with Crippen molar-refractivity contribution in [3.05, 3.63) is 54.0 Å². The molecule has 160 valence electrons. The summed E-state index contributed by atoms with van der Waals surface area (Å²) < 4.78 is 40.2. The van der Waals surface area contributed by atoms with Crippen molar-refractivity contribution >= 4 is 11.3 Å². The standard InChI is InChI=1S/C22H26F3N5/c1-15-3-5-19-18(17-4-6-20(26)27-13-17)7-8-30(19)21(15)16(2)29-11-9-28(10-12-29)14-22(23,24)25/h3-8,13,16H,9-12,14H2,1-2H3,(H2,26,27). The summed E-state index contributed by atoms with van der Waals surface area (Å²) in [6.45, 7) is 5.45. The third-order valence-corrected chi connectivity index (χ3v) is 5.93. The van der Waals surface area contributed by atoms with Crippen LogP contribution in [0.25, 0.3) is 16.6 Å². The van der Waals surface area contributed by atoms with Crippen LogP contribution in [0.3, 0.4) is 0 Å². The van der Waals surface area contributed by atoms with Crippen molar-refractivity contribution in [1.29, 1.82) is 0 Å². The zero-order valence-corrected chi connectivity index (χ0v) is 17.2. The largest absolute Gasteiger partial charge is 0.401 e. The Balaban J connectivity index is 1.60. The van der Waals surface area contributed by atoms with E-state index in [9.17, 15) is 13.2 Å². The van der Waals surface area contributed by atoms with Crippen LogP contribution in [0.15, 0.2) is 42.7 Å². The Kier molecular flexibility index (Phi) is 5.46. The molecule has 1 saturated heterocycles. The Morgan fingerprint density at radius 3 is 2.43 bits per heavy atom. The second kappa shape index (κ2) is 7.92. The van der Waals surface area contributed by atoms with Crippen molar-refractivity contribution in [2.45, 2.75) is 26.1 Å². The fourth-order valence-corrected chi connectivity index (χ4v) is 4.38. The van der Waals surface area contributed by atoms with Gasteiger partial charge in [-0.15, -0.1) is 0 Å². The number of nitrogen functional groups attached to an aromatic ring is 1. The highest BCUT2D eigenvalue weighted by Gasteiger charge is 2.33. The molecule has 1 unspecified atom stereocenters. The summed E-state index contributed by atoms with van der Waals surface area (Å²) in [5, 5.41) is 0. The van der Waals surface area contributed by atoms with Gasteiger partial charge in [-0.2, -0.15) is 13.2 Å². The van der Waals surface area contributed by atoms with Crippen LogP contribution in [0.1, 0.15) is 24.2 Å². The number of anilines is 1. The van der Waals surface area contributed by atoms with Gasteiger partial charge in [-0.05, 0) is 43.7 Å². The number of nitrogens with two attached hydrogens (primary N) is 1. The number of rotatable bonds is 4. The highest BCUT2D eigenvalue weighted by atomic mass is 19.4. The van der Waals surface area contributed by atoms with Crippen LogP contribution in [0.5, 0.6) is 0 Å². The predicted molar refractivity (Wildman–Crippen MR) is 112 cm³/mol. The molecule has 0 bridgehead atoms. The lowest BCUT2D eigenvalue weighted by molar-refractivity contribution is -0.149. The van der Waals surface area contributed by atoms with Gasteiger partial charge in [-0.3, -0.25) is 9.80 Å². The molecule has 0 aliphatic carbocycles. The highest BCUT2D eigenvalue weighted by molar-refractivity contribution is 5.81. The van der Waals surface area contributed by atoms with E-state index in [1.165, 1.54) is 4.90 Å². The van der Waals surface area contributed by atoms with E-state index < -0.39 is 12.7 Å². The first-order chi connectivity index (χ1) is 14.2. The van der Waals surface area contributed by atoms with Crippen LogP contribution >= 0.6 is 0 Å². The molecular formula is C22H26F3N5. The molecule has 3 aromatic heterocycles. The molecule has 4 heterocycles. The molecule has 3 aromatic rings. The number of nitrogens with zero attached hydrogens (tertiary/aromatic N) is 4.